The number of halogens is 1. The summed E-state index contributed by atoms with van der Waals surface area (Å²) in [5.41, 5.74) is 0. The highest BCUT2D eigenvalue weighted by molar-refractivity contribution is 7.98. The third-order valence-corrected chi connectivity index (χ3v) is 2.13. The average molecular weight is 201 g/mol. The number of aromatic nitrogens is 2. The van der Waals surface area contributed by atoms with Crippen molar-refractivity contribution < 1.29 is 4.39 Å². The van der Waals surface area contributed by atoms with Crippen molar-refractivity contribution in [1.29, 1.82) is 0 Å². The van der Waals surface area contributed by atoms with Crippen molar-refractivity contribution in [2.24, 2.45) is 0 Å². The summed E-state index contributed by atoms with van der Waals surface area (Å²) in [4.78, 5) is 7.54. The topological polar surface area (TPSA) is 37.8 Å². The van der Waals surface area contributed by atoms with Gasteiger partial charge in [0.25, 0.3) is 0 Å². The lowest BCUT2D eigenvalue weighted by Crippen LogP contribution is -2.05. The normalized spacial score (nSPS) is 10.0. The molecule has 1 heterocycles. The first-order valence-corrected chi connectivity index (χ1v) is 5.42. The third-order valence-electron chi connectivity index (χ3n) is 1.43. The first-order valence-electron chi connectivity index (χ1n) is 4.03. The predicted molar refractivity (Wildman–Crippen MR) is 53.5 cm³/mol. The van der Waals surface area contributed by atoms with Crippen LogP contribution in [0.1, 0.15) is 6.42 Å². The Labute approximate surface area is 81.2 Å². The molecule has 0 spiro atoms. The maximum atomic E-state index is 12.4. The van der Waals surface area contributed by atoms with Crippen molar-refractivity contribution >= 4 is 17.7 Å². The first kappa shape index (κ1) is 10.2. The molecule has 0 atom stereocenters. The van der Waals surface area contributed by atoms with Gasteiger partial charge in [-0.3, -0.25) is 0 Å². The van der Waals surface area contributed by atoms with E-state index in [-0.39, 0.29) is 0 Å². The molecule has 1 N–H and O–H groups in total. The summed E-state index contributed by atoms with van der Waals surface area (Å²) < 4.78 is 12.4. The Bertz CT molecular complexity index is 240. The molecule has 0 aliphatic carbocycles. The summed E-state index contributed by atoms with van der Waals surface area (Å²) in [5, 5.41) is 3.00. The fourth-order valence-corrected chi connectivity index (χ4v) is 1.25. The van der Waals surface area contributed by atoms with Gasteiger partial charge in [0, 0.05) is 6.54 Å². The van der Waals surface area contributed by atoms with Gasteiger partial charge in [-0.2, -0.15) is 11.8 Å². The Morgan fingerprint density at radius 1 is 1.46 bits per heavy atom. The second-order valence-electron chi connectivity index (χ2n) is 2.50. The fourth-order valence-electron chi connectivity index (χ4n) is 0.820. The Hall–Kier alpha value is -0.840. The van der Waals surface area contributed by atoms with Crippen LogP contribution in [0.2, 0.25) is 0 Å². The number of hydrogen-bond donors (Lipinski definition) is 1. The van der Waals surface area contributed by atoms with Crippen molar-refractivity contribution in [1.82, 2.24) is 9.97 Å². The van der Waals surface area contributed by atoms with E-state index in [0.29, 0.717) is 5.95 Å². The molecule has 0 aliphatic heterocycles. The van der Waals surface area contributed by atoms with Crippen LogP contribution >= 0.6 is 11.8 Å². The average Bonchev–Trinajstić information content (AvgIpc) is 2.15. The van der Waals surface area contributed by atoms with Crippen molar-refractivity contribution in [3.05, 3.63) is 18.2 Å². The number of nitrogens with zero attached hydrogens (tertiary/aromatic N) is 2. The lowest BCUT2D eigenvalue weighted by Gasteiger charge is -2.02. The molecule has 3 nitrogen and oxygen atoms in total. The van der Waals surface area contributed by atoms with Crippen molar-refractivity contribution in [3.63, 3.8) is 0 Å². The molecule has 0 unspecified atom stereocenters. The largest absolute Gasteiger partial charge is 0.354 e. The number of thioether (sulfide) groups is 1. The summed E-state index contributed by atoms with van der Waals surface area (Å²) in [6, 6.07) is 0. The summed E-state index contributed by atoms with van der Waals surface area (Å²) >= 11 is 1.80. The number of hydrogen-bond acceptors (Lipinski definition) is 4. The van der Waals surface area contributed by atoms with Gasteiger partial charge in [-0.15, -0.1) is 0 Å². The zero-order valence-corrected chi connectivity index (χ0v) is 8.27. The van der Waals surface area contributed by atoms with Crippen molar-refractivity contribution in [3.8, 4) is 0 Å². The Balaban J connectivity index is 2.25. The van der Waals surface area contributed by atoms with Gasteiger partial charge >= 0.3 is 0 Å². The van der Waals surface area contributed by atoms with Crippen LogP contribution in [0.15, 0.2) is 12.4 Å². The van der Waals surface area contributed by atoms with E-state index in [2.05, 4.69) is 21.5 Å². The molecule has 0 bridgehead atoms. The first-order chi connectivity index (χ1) is 6.33. The Kier molecular flexibility index (Phi) is 4.53. The predicted octanol–water partition coefficient (Wildman–Crippen LogP) is 1.78. The fraction of sp³-hybridized carbons (Fsp3) is 0.500. The van der Waals surface area contributed by atoms with Gasteiger partial charge in [0.05, 0.1) is 12.4 Å². The molecule has 0 saturated heterocycles. The summed E-state index contributed by atoms with van der Waals surface area (Å²) in [5.74, 6) is 1.19. The van der Waals surface area contributed by atoms with E-state index >= 15 is 0 Å². The summed E-state index contributed by atoms with van der Waals surface area (Å²) in [7, 11) is 0. The van der Waals surface area contributed by atoms with E-state index in [4.69, 9.17) is 0 Å². The molecular weight excluding hydrogens is 189 g/mol. The molecule has 0 saturated carbocycles. The summed E-state index contributed by atoms with van der Waals surface area (Å²) in [6.07, 6.45) is 5.43. The van der Waals surface area contributed by atoms with E-state index in [9.17, 15) is 4.39 Å². The highest BCUT2D eigenvalue weighted by Gasteiger charge is 1.94. The lowest BCUT2D eigenvalue weighted by atomic mass is 10.5. The molecule has 0 aromatic carbocycles. The van der Waals surface area contributed by atoms with E-state index in [1.807, 2.05) is 0 Å². The minimum atomic E-state index is -0.408. The van der Waals surface area contributed by atoms with Crippen LogP contribution in [0.4, 0.5) is 10.3 Å². The van der Waals surface area contributed by atoms with Crippen LogP contribution in [0.5, 0.6) is 0 Å². The molecule has 1 rings (SSSR count). The van der Waals surface area contributed by atoms with Crippen LogP contribution in [-0.4, -0.2) is 28.5 Å². The van der Waals surface area contributed by atoms with Crippen LogP contribution in [0, 0.1) is 5.82 Å². The highest BCUT2D eigenvalue weighted by Crippen LogP contribution is 1.99. The van der Waals surface area contributed by atoms with Gasteiger partial charge in [-0.25, -0.2) is 14.4 Å². The lowest BCUT2D eigenvalue weighted by molar-refractivity contribution is 0.614. The maximum Gasteiger partial charge on any atom is 0.222 e. The number of nitrogens with one attached hydrogen (secondary N) is 1. The quantitative estimate of drug-likeness (QED) is 0.737. The molecule has 0 aliphatic rings. The molecule has 5 heteroatoms. The van der Waals surface area contributed by atoms with E-state index in [1.165, 1.54) is 0 Å². The second kappa shape index (κ2) is 5.75. The second-order valence-corrected chi connectivity index (χ2v) is 3.48. The maximum absolute atomic E-state index is 12.4. The minimum Gasteiger partial charge on any atom is -0.354 e. The standard InChI is InChI=1S/C8H12FN3S/c1-13-4-2-3-10-8-11-5-7(9)6-12-8/h5-6H,2-4H2,1H3,(H,10,11,12). The summed E-state index contributed by atoms with van der Waals surface area (Å²) in [6.45, 7) is 0.826. The van der Waals surface area contributed by atoms with Gasteiger partial charge in [0.15, 0.2) is 5.82 Å². The molecule has 72 valence electrons. The highest BCUT2D eigenvalue weighted by atomic mass is 32.2. The van der Waals surface area contributed by atoms with Crippen molar-refractivity contribution in [2.75, 3.05) is 23.9 Å². The molecule has 1 aromatic heterocycles. The SMILES string of the molecule is CSCCCNc1ncc(F)cn1. The van der Waals surface area contributed by atoms with E-state index < -0.39 is 5.82 Å². The zero-order chi connectivity index (χ0) is 9.52. The smallest absolute Gasteiger partial charge is 0.222 e. The molecule has 1 aromatic rings. The minimum absolute atomic E-state index is 0.408. The third kappa shape index (κ3) is 4.07. The van der Waals surface area contributed by atoms with Gasteiger partial charge < -0.3 is 5.32 Å². The monoisotopic (exact) mass is 201 g/mol. The van der Waals surface area contributed by atoms with Gasteiger partial charge in [-0.1, -0.05) is 0 Å². The van der Waals surface area contributed by atoms with E-state index in [1.54, 1.807) is 11.8 Å². The molecular formula is C8H12FN3S. The molecule has 13 heavy (non-hydrogen) atoms. The van der Waals surface area contributed by atoms with E-state index in [0.717, 1.165) is 31.1 Å². The Morgan fingerprint density at radius 2 is 2.15 bits per heavy atom. The van der Waals surface area contributed by atoms with Crippen LogP contribution in [0.3, 0.4) is 0 Å². The van der Waals surface area contributed by atoms with Crippen LogP contribution in [-0.2, 0) is 0 Å². The molecule has 0 fully saturated rings. The van der Waals surface area contributed by atoms with Crippen LogP contribution < -0.4 is 5.32 Å². The van der Waals surface area contributed by atoms with Gasteiger partial charge in [-0.05, 0) is 18.4 Å². The van der Waals surface area contributed by atoms with Gasteiger partial charge in [0.1, 0.15) is 0 Å². The zero-order valence-electron chi connectivity index (χ0n) is 7.46. The van der Waals surface area contributed by atoms with Crippen LogP contribution in [0.25, 0.3) is 0 Å². The van der Waals surface area contributed by atoms with Gasteiger partial charge in [0.2, 0.25) is 5.95 Å². The number of rotatable bonds is 5. The Morgan fingerprint density at radius 3 is 2.77 bits per heavy atom. The number of anilines is 1. The molecule has 0 radical (unpaired) electrons. The van der Waals surface area contributed by atoms with Crippen molar-refractivity contribution in [2.45, 2.75) is 6.42 Å². The molecule has 0 amide bonds.